The Morgan fingerprint density at radius 3 is 2.35 bits per heavy atom. The van der Waals surface area contributed by atoms with Gasteiger partial charge in [-0.25, -0.2) is 8.42 Å². The van der Waals surface area contributed by atoms with E-state index < -0.39 is 10.0 Å². The summed E-state index contributed by atoms with van der Waals surface area (Å²) >= 11 is 5.79. The molecule has 2 rings (SSSR count). The van der Waals surface area contributed by atoms with E-state index in [9.17, 15) is 13.2 Å². The van der Waals surface area contributed by atoms with Gasteiger partial charge in [0.25, 0.3) is 0 Å². The van der Waals surface area contributed by atoms with Crippen molar-refractivity contribution < 1.29 is 13.2 Å². The second kappa shape index (κ2) is 8.20. The van der Waals surface area contributed by atoms with Gasteiger partial charge in [0, 0.05) is 12.1 Å². The Kier molecular flexibility index (Phi) is 6.44. The van der Waals surface area contributed by atoms with Crippen LogP contribution in [0.5, 0.6) is 0 Å². The lowest BCUT2D eigenvalue weighted by Gasteiger charge is -2.20. The minimum absolute atomic E-state index is 0.0969. The van der Waals surface area contributed by atoms with E-state index in [4.69, 9.17) is 11.6 Å². The fourth-order valence-corrected chi connectivity index (χ4v) is 4.00. The van der Waals surface area contributed by atoms with Gasteiger partial charge in [0.2, 0.25) is 15.9 Å². The summed E-state index contributed by atoms with van der Waals surface area (Å²) in [6, 6.07) is 11.7. The van der Waals surface area contributed by atoms with Gasteiger partial charge in [-0.1, -0.05) is 35.4 Å². The van der Waals surface area contributed by atoms with Crippen LogP contribution in [-0.2, 0) is 14.8 Å². The number of rotatable bonds is 6. The van der Waals surface area contributed by atoms with Gasteiger partial charge in [-0.15, -0.1) is 0 Å². The van der Waals surface area contributed by atoms with E-state index >= 15 is 0 Å². The van der Waals surface area contributed by atoms with Gasteiger partial charge in [-0.3, -0.25) is 4.79 Å². The van der Waals surface area contributed by atoms with Crippen LogP contribution in [0.1, 0.15) is 29.7 Å². The van der Waals surface area contributed by atoms with Crippen molar-refractivity contribution in [1.29, 1.82) is 0 Å². The lowest BCUT2D eigenvalue weighted by molar-refractivity contribution is -0.121. The molecule has 0 aliphatic rings. The quantitative estimate of drug-likeness (QED) is 0.815. The Hall–Kier alpha value is -1.89. The first-order valence-corrected chi connectivity index (χ1v) is 10.0. The second-order valence-electron chi connectivity index (χ2n) is 6.36. The lowest BCUT2D eigenvalue weighted by Crippen LogP contribution is -2.39. The van der Waals surface area contributed by atoms with E-state index in [0.29, 0.717) is 5.02 Å². The topological polar surface area (TPSA) is 66.5 Å². The van der Waals surface area contributed by atoms with Gasteiger partial charge in [0.05, 0.1) is 17.5 Å². The van der Waals surface area contributed by atoms with E-state index in [0.717, 1.165) is 21.0 Å². The molecule has 5 nitrogen and oxygen atoms in total. The van der Waals surface area contributed by atoms with Crippen molar-refractivity contribution in [3.05, 3.63) is 64.2 Å². The zero-order valence-electron chi connectivity index (χ0n) is 15.3. The maximum Gasteiger partial charge on any atom is 0.243 e. The highest BCUT2D eigenvalue weighted by Gasteiger charge is 2.23. The number of nitrogens with one attached hydrogen (secondary N) is 1. The van der Waals surface area contributed by atoms with Gasteiger partial charge < -0.3 is 5.32 Å². The molecule has 0 aliphatic heterocycles. The number of benzene rings is 2. The number of halogens is 1. The molecule has 2 aromatic carbocycles. The molecule has 1 N–H and O–H groups in total. The van der Waals surface area contributed by atoms with Crippen LogP contribution in [0.15, 0.2) is 47.4 Å². The molecule has 0 radical (unpaired) electrons. The largest absolute Gasteiger partial charge is 0.348 e. The first-order valence-electron chi connectivity index (χ1n) is 8.19. The van der Waals surface area contributed by atoms with Gasteiger partial charge in [0.15, 0.2) is 0 Å². The molecule has 1 unspecified atom stereocenters. The molecule has 7 heteroatoms. The van der Waals surface area contributed by atoms with Crippen molar-refractivity contribution >= 4 is 27.5 Å². The van der Waals surface area contributed by atoms with Crippen molar-refractivity contribution in [2.45, 2.75) is 31.7 Å². The van der Waals surface area contributed by atoms with E-state index in [1.165, 1.54) is 31.3 Å². The highest BCUT2D eigenvalue weighted by molar-refractivity contribution is 7.89. The first kappa shape index (κ1) is 20.4. The summed E-state index contributed by atoms with van der Waals surface area (Å²) in [5.41, 5.74) is 3.24. The van der Waals surface area contributed by atoms with Crippen LogP contribution >= 0.6 is 11.6 Å². The zero-order chi connectivity index (χ0) is 19.5. The Balaban J connectivity index is 2.05. The van der Waals surface area contributed by atoms with Crippen LogP contribution in [0.2, 0.25) is 5.02 Å². The molecular weight excluding hydrogens is 372 g/mol. The molecule has 0 aromatic heterocycles. The molecule has 0 spiro atoms. The molecule has 1 amide bonds. The number of aryl methyl sites for hydroxylation is 2. The molecule has 0 heterocycles. The number of hydrogen-bond acceptors (Lipinski definition) is 3. The summed E-state index contributed by atoms with van der Waals surface area (Å²) in [5.74, 6) is -0.363. The van der Waals surface area contributed by atoms with E-state index in [1.54, 1.807) is 0 Å². The molecule has 0 aliphatic carbocycles. The fourth-order valence-electron chi connectivity index (χ4n) is 2.75. The third-order valence-electron chi connectivity index (χ3n) is 4.16. The molecule has 0 bridgehead atoms. The van der Waals surface area contributed by atoms with Gasteiger partial charge in [-0.05, 0) is 56.2 Å². The normalized spacial score (nSPS) is 12.8. The summed E-state index contributed by atoms with van der Waals surface area (Å²) in [6.07, 6.45) is 0. The van der Waals surface area contributed by atoms with Crippen molar-refractivity contribution in [2.75, 3.05) is 13.6 Å². The Labute approximate surface area is 160 Å². The van der Waals surface area contributed by atoms with Crippen molar-refractivity contribution in [1.82, 2.24) is 9.62 Å². The summed E-state index contributed by atoms with van der Waals surface area (Å²) < 4.78 is 26.1. The van der Waals surface area contributed by atoms with E-state index in [-0.39, 0.29) is 23.4 Å². The Morgan fingerprint density at radius 1 is 1.15 bits per heavy atom. The Bertz CT molecular complexity index is 896. The zero-order valence-corrected chi connectivity index (χ0v) is 16.9. The number of carbonyl (C=O) groups is 1. The van der Waals surface area contributed by atoms with Crippen LogP contribution in [-0.4, -0.2) is 32.2 Å². The highest BCUT2D eigenvalue weighted by atomic mass is 35.5. The second-order valence-corrected chi connectivity index (χ2v) is 8.85. The number of hydrogen-bond donors (Lipinski definition) is 1. The summed E-state index contributed by atoms with van der Waals surface area (Å²) in [7, 11) is -2.37. The molecule has 2 aromatic rings. The monoisotopic (exact) mass is 394 g/mol. The smallest absolute Gasteiger partial charge is 0.243 e. The number of sulfonamides is 1. The van der Waals surface area contributed by atoms with Gasteiger partial charge >= 0.3 is 0 Å². The third-order valence-corrected chi connectivity index (χ3v) is 6.23. The average molecular weight is 395 g/mol. The van der Waals surface area contributed by atoms with Crippen molar-refractivity contribution in [2.24, 2.45) is 0 Å². The minimum Gasteiger partial charge on any atom is -0.348 e. The number of nitrogens with zero attached hydrogens (tertiary/aromatic N) is 1. The number of carbonyl (C=O) groups excluding carboxylic acids is 1. The molecule has 26 heavy (non-hydrogen) atoms. The van der Waals surface area contributed by atoms with Crippen LogP contribution < -0.4 is 5.32 Å². The summed E-state index contributed by atoms with van der Waals surface area (Å²) in [5, 5.41) is 3.30. The number of likely N-dealkylation sites (N-methyl/N-ethyl adjacent to an activating group) is 1. The van der Waals surface area contributed by atoms with E-state index in [2.05, 4.69) is 11.4 Å². The van der Waals surface area contributed by atoms with Crippen LogP contribution in [0.3, 0.4) is 0 Å². The van der Waals surface area contributed by atoms with Crippen LogP contribution in [0, 0.1) is 13.8 Å². The predicted octanol–water partition coefficient (Wildman–Crippen LogP) is 3.45. The van der Waals surface area contributed by atoms with Crippen molar-refractivity contribution in [3.8, 4) is 0 Å². The maximum absolute atomic E-state index is 12.5. The highest BCUT2D eigenvalue weighted by Crippen LogP contribution is 2.19. The third kappa shape index (κ3) is 4.84. The van der Waals surface area contributed by atoms with Gasteiger partial charge in [-0.2, -0.15) is 4.31 Å². The number of amides is 1. The molecular formula is C19H23ClN2O3S. The molecule has 0 saturated heterocycles. The summed E-state index contributed by atoms with van der Waals surface area (Å²) in [4.78, 5) is 12.4. The fraction of sp³-hybridized carbons (Fsp3) is 0.316. The average Bonchev–Trinajstić information content (AvgIpc) is 2.54. The van der Waals surface area contributed by atoms with Crippen LogP contribution in [0.4, 0.5) is 0 Å². The lowest BCUT2D eigenvalue weighted by atomic mass is 10.0. The first-order chi connectivity index (χ1) is 12.1. The van der Waals surface area contributed by atoms with Gasteiger partial charge in [0.1, 0.15) is 0 Å². The summed E-state index contributed by atoms with van der Waals surface area (Å²) in [6.45, 7) is 5.61. The SMILES string of the molecule is Cc1ccc(C(C)NC(=O)CN(C)S(=O)(=O)c2ccc(Cl)cc2)c(C)c1. The molecule has 0 saturated carbocycles. The standard InChI is InChI=1S/C19H23ClN2O3S/c1-13-5-10-18(14(2)11-13)15(3)21-19(23)12-22(4)26(24,25)17-8-6-16(20)7-9-17/h5-11,15H,12H2,1-4H3,(H,21,23). The molecule has 1 atom stereocenters. The van der Waals surface area contributed by atoms with Crippen molar-refractivity contribution in [3.63, 3.8) is 0 Å². The minimum atomic E-state index is -3.75. The Morgan fingerprint density at radius 2 is 1.77 bits per heavy atom. The predicted molar refractivity (Wildman–Crippen MR) is 104 cm³/mol. The molecule has 140 valence electrons. The van der Waals surface area contributed by atoms with E-state index in [1.807, 2.05) is 32.9 Å². The maximum atomic E-state index is 12.5. The molecule has 0 fully saturated rings. The van der Waals surface area contributed by atoms with Crippen LogP contribution in [0.25, 0.3) is 0 Å².